The van der Waals surface area contributed by atoms with Gasteiger partial charge in [-0.25, -0.2) is 0 Å². The Morgan fingerprint density at radius 2 is 1.80 bits per heavy atom. The average Bonchev–Trinajstić information content (AvgIpc) is 2.73. The van der Waals surface area contributed by atoms with Crippen LogP contribution >= 0.6 is 24.0 Å². The molecule has 168 valence electrons. The van der Waals surface area contributed by atoms with Gasteiger partial charge < -0.3 is 20.3 Å². The van der Waals surface area contributed by atoms with E-state index >= 15 is 0 Å². The first kappa shape index (κ1) is 23.6. The van der Waals surface area contributed by atoms with E-state index in [-0.39, 0.29) is 24.0 Å². The number of halogens is 1. The number of nitrogens with one attached hydrogen (secondary N) is 2. The van der Waals surface area contributed by atoms with E-state index < -0.39 is 0 Å². The van der Waals surface area contributed by atoms with Crippen LogP contribution in [0, 0.1) is 0 Å². The molecule has 1 aromatic rings. The molecule has 2 N–H and O–H groups in total. The smallest absolute Gasteiger partial charge is 0.191 e. The van der Waals surface area contributed by atoms with Gasteiger partial charge in [0.05, 0.1) is 6.10 Å². The van der Waals surface area contributed by atoms with E-state index in [9.17, 15) is 0 Å². The zero-order valence-corrected chi connectivity index (χ0v) is 20.9. The fourth-order valence-corrected chi connectivity index (χ4v) is 5.41. The van der Waals surface area contributed by atoms with Crippen LogP contribution in [0.3, 0.4) is 0 Å². The molecule has 1 aliphatic carbocycles. The van der Waals surface area contributed by atoms with Gasteiger partial charge in [0.15, 0.2) is 5.96 Å². The lowest BCUT2D eigenvalue weighted by molar-refractivity contribution is 0.0526. The van der Waals surface area contributed by atoms with Crippen LogP contribution in [0.5, 0.6) is 5.75 Å². The lowest BCUT2D eigenvalue weighted by Gasteiger charge is -2.47. The Balaban J connectivity index is 0.00000256. The van der Waals surface area contributed by atoms with Crippen molar-refractivity contribution in [2.24, 2.45) is 4.99 Å². The third kappa shape index (κ3) is 6.25. The molecule has 2 saturated heterocycles. The van der Waals surface area contributed by atoms with Crippen molar-refractivity contribution in [3.8, 4) is 5.75 Å². The molecule has 2 aliphatic heterocycles. The summed E-state index contributed by atoms with van der Waals surface area (Å²) in [7, 11) is 4.17. The van der Waals surface area contributed by atoms with Gasteiger partial charge in [0, 0.05) is 31.7 Å². The summed E-state index contributed by atoms with van der Waals surface area (Å²) in [5.41, 5.74) is 1.24. The SMILES string of the molecule is CN=C(NCc1cccc(OC2CCCCC2)c1)NC1CC2CCCC(C1)N2C.I. The molecule has 1 saturated carbocycles. The van der Waals surface area contributed by atoms with Crippen molar-refractivity contribution < 1.29 is 4.74 Å². The molecule has 0 aromatic heterocycles. The monoisotopic (exact) mass is 526 g/mol. The summed E-state index contributed by atoms with van der Waals surface area (Å²) >= 11 is 0. The molecular weight excluding hydrogens is 487 g/mol. The number of ether oxygens (including phenoxy) is 1. The highest BCUT2D eigenvalue weighted by molar-refractivity contribution is 14.0. The Morgan fingerprint density at radius 1 is 1.07 bits per heavy atom. The van der Waals surface area contributed by atoms with E-state index in [2.05, 4.69) is 51.8 Å². The van der Waals surface area contributed by atoms with Crippen molar-refractivity contribution in [3.63, 3.8) is 0 Å². The molecule has 0 amide bonds. The Labute approximate surface area is 199 Å². The molecule has 3 aliphatic rings. The molecule has 1 aromatic carbocycles. The first-order valence-corrected chi connectivity index (χ1v) is 11.7. The summed E-state index contributed by atoms with van der Waals surface area (Å²) in [5, 5.41) is 7.20. The van der Waals surface area contributed by atoms with Crippen molar-refractivity contribution in [1.29, 1.82) is 0 Å². The number of hydrogen-bond donors (Lipinski definition) is 2. The molecule has 0 radical (unpaired) electrons. The summed E-state index contributed by atoms with van der Waals surface area (Å²) in [6, 6.07) is 10.5. The third-order valence-electron chi connectivity index (χ3n) is 7.12. The number of fused-ring (bicyclic) bond motifs is 2. The van der Waals surface area contributed by atoms with Gasteiger partial charge in [0.25, 0.3) is 0 Å². The number of rotatable bonds is 5. The van der Waals surface area contributed by atoms with E-state index in [0.717, 1.165) is 30.3 Å². The Hall–Kier alpha value is -1.02. The molecule has 3 fully saturated rings. The van der Waals surface area contributed by atoms with Gasteiger partial charge >= 0.3 is 0 Å². The summed E-state index contributed by atoms with van der Waals surface area (Å²) in [6.07, 6.45) is 13.2. The highest BCUT2D eigenvalue weighted by Gasteiger charge is 2.36. The highest BCUT2D eigenvalue weighted by atomic mass is 127. The van der Waals surface area contributed by atoms with Gasteiger partial charge in [-0.05, 0) is 76.1 Å². The molecule has 6 heteroatoms. The number of aliphatic imine (C=N–C) groups is 1. The topological polar surface area (TPSA) is 48.9 Å². The van der Waals surface area contributed by atoms with E-state index in [1.807, 2.05) is 7.05 Å². The van der Waals surface area contributed by atoms with Crippen LogP contribution in [-0.4, -0.2) is 49.2 Å². The molecule has 2 bridgehead atoms. The first-order chi connectivity index (χ1) is 14.2. The summed E-state index contributed by atoms with van der Waals surface area (Å²) in [5.74, 6) is 1.92. The van der Waals surface area contributed by atoms with E-state index in [0.29, 0.717) is 12.1 Å². The van der Waals surface area contributed by atoms with Crippen LogP contribution in [-0.2, 0) is 6.54 Å². The minimum absolute atomic E-state index is 0. The Kier molecular flexibility index (Phi) is 9.11. The van der Waals surface area contributed by atoms with Gasteiger partial charge in [-0.3, -0.25) is 4.99 Å². The predicted octanol–water partition coefficient (Wildman–Crippen LogP) is 4.70. The largest absolute Gasteiger partial charge is 0.490 e. The van der Waals surface area contributed by atoms with Crippen LogP contribution in [0.2, 0.25) is 0 Å². The third-order valence-corrected chi connectivity index (χ3v) is 7.12. The van der Waals surface area contributed by atoms with Crippen LogP contribution in [0.15, 0.2) is 29.3 Å². The minimum atomic E-state index is 0. The van der Waals surface area contributed by atoms with Crippen molar-refractivity contribution in [1.82, 2.24) is 15.5 Å². The van der Waals surface area contributed by atoms with Gasteiger partial charge in [-0.1, -0.05) is 25.0 Å². The second-order valence-corrected chi connectivity index (χ2v) is 9.17. The van der Waals surface area contributed by atoms with E-state index in [4.69, 9.17) is 4.74 Å². The van der Waals surface area contributed by atoms with Gasteiger partial charge in [-0.2, -0.15) is 0 Å². The maximum atomic E-state index is 6.22. The molecule has 2 atom stereocenters. The van der Waals surface area contributed by atoms with Crippen molar-refractivity contribution in [2.45, 2.75) is 95.0 Å². The fraction of sp³-hybridized carbons (Fsp3) is 0.708. The van der Waals surface area contributed by atoms with Crippen LogP contribution in [0.25, 0.3) is 0 Å². The highest BCUT2D eigenvalue weighted by Crippen LogP contribution is 2.32. The second kappa shape index (κ2) is 11.6. The average molecular weight is 527 g/mol. The lowest BCUT2D eigenvalue weighted by atomic mass is 9.82. The quantitative estimate of drug-likeness (QED) is 0.332. The predicted molar refractivity (Wildman–Crippen MR) is 135 cm³/mol. The molecule has 2 heterocycles. The van der Waals surface area contributed by atoms with Crippen LogP contribution in [0.1, 0.15) is 69.8 Å². The zero-order valence-electron chi connectivity index (χ0n) is 18.6. The Bertz CT molecular complexity index is 678. The summed E-state index contributed by atoms with van der Waals surface area (Å²) in [4.78, 5) is 7.08. The van der Waals surface area contributed by atoms with Gasteiger partial charge in [0.1, 0.15) is 5.75 Å². The number of hydrogen-bond acceptors (Lipinski definition) is 3. The normalized spacial score (nSPS) is 27.8. The second-order valence-electron chi connectivity index (χ2n) is 9.17. The standard InChI is InChI=1S/C24H38N4O.HI/c1-25-24(27-19-15-20-9-7-10-21(16-19)28(20)2)26-17-18-8-6-13-23(14-18)29-22-11-4-3-5-12-22;/h6,8,13-14,19-22H,3-5,7,9-12,15-17H2,1-2H3,(H2,25,26,27);1H. The summed E-state index contributed by atoms with van der Waals surface area (Å²) < 4.78 is 6.22. The maximum Gasteiger partial charge on any atom is 0.191 e. The van der Waals surface area contributed by atoms with Crippen LogP contribution in [0.4, 0.5) is 0 Å². The van der Waals surface area contributed by atoms with Gasteiger partial charge in [-0.15, -0.1) is 24.0 Å². The Morgan fingerprint density at radius 3 is 2.50 bits per heavy atom. The number of guanidine groups is 1. The maximum absolute atomic E-state index is 6.22. The first-order valence-electron chi connectivity index (χ1n) is 11.7. The number of nitrogens with zero attached hydrogens (tertiary/aromatic N) is 2. The molecule has 30 heavy (non-hydrogen) atoms. The van der Waals surface area contributed by atoms with Crippen LogP contribution < -0.4 is 15.4 Å². The van der Waals surface area contributed by atoms with Crippen molar-refractivity contribution in [3.05, 3.63) is 29.8 Å². The molecule has 4 rings (SSSR count). The minimum Gasteiger partial charge on any atom is -0.490 e. The van der Waals surface area contributed by atoms with Crippen molar-refractivity contribution >= 4 is 29.9 Å². The van der Waals surface area contributed by atoms with E-state index in [1.54, 1.807) is 0 Å². The summed E-state index contributed by atoms with van der Waals surface area (Å²) in [6.45, 7) is 0.765. The fourth-order valence-electron chi connectivity index (χ4n) is 5.41. The number of piperidine rings is 2. The van der Waals surface area contributed by atoms with E-state index in [1.165, 1.54) is 69.8 Å². The molecule has 5 nitrogen and oxygen atoms in total. The van der Waals surface area contributed by atoms with Crippen molar-refractivity contribution in [2.75, 3.05) is 14.1 Å². The molecule has 0 spiro atoms. The lowest BCUT2D eigenvalue weighted by Crippen LogP contribution is -2.56. The molecule has 2 unspecified atom stereocenters. The zero-order chi connectivity index (χ0) is 20.1. The molecular formula is C24H39IN4O. The van der Waals surface area contributed by atoms with Gasteiger partial charge in [0.2, 0.25) is 0 Å². The number of benzene rings is 1.